The number of carboxylic acids is 1. The predicted molar refractivity (Wildman–Crippen MR) is 41.8 cm³/mol. The number of hydrogen-bond donors (Lipinski definition) is 2. The van der Waals surface area contributed by atoms with Gasteiger partial charge in [-0.25, -0.2) is 0 Å². The Kier molecular flexibility index (Phi) is 2.46. The van der Waals surface area contributed by atoms with Gasteiger partial charge in [-0.2, -0.15) is 0 Å². The Morgan fingerprint density at radius 2 is 2.55 bits per heavy atom. The van der Waals surface area contributed by atoms with Crippen molar-refractivity contribution in [3.05, 3.63) is 0 Å². The van der Waals surface area contributed by atoms with E-state index >= 15 is 0 Å². The Balaban J connectivity index is 2.35. The van der Waals surface area contributed by atoms with E-state index in [2.05, 4.69) is 10.3 Å². The van der Waals surface area contributed by atoms with Crippen molar-refractivity contribution in [1.29, 1.82) is 0 Å². The number of aliphatic imine (C=N–C) groups is 1. The van der Waals surface area contributed by atoms with Gasteiger partial charge in [-0.15, -0.1) is 0 Å². The maximum atomic E-state index is 10.4. The molecule has 0 fully saturated rings. The van der Waals surface area contributed by atoms with Crippen LogP contribution < -0.4 is 5.32 Å². The van der Waals surface area contributed by atoms with Gasteiger partial charge < -0.3 is 10.4 Å². The normalized spacial score (nSPS) is 19.2. The van der Waals surface area contributed by atoms with Crippen molar-refractivity contribution in [3.63, 3.8) is 0 Å². The first-order valence-electron chi connectivity index (χ1n) is 3.73. The van der Waals surface area contributed by atoms with Crippen LogP contribution in [0, 0.1) is 0 Å². The van der Waals surface area contributed by atoms with E-state index in [1.807, 2.05) is 0 Å². The highest BCUT2D eigenvalue weighted by molar-refractivity contribution is 5.87. The van der Waals surface area contributed by atoms with Crippen molar-refractivity contribution < 1.29 is 9.90 Å². The number of aliphatic carboxylic acids is 1. The number of carboxylic acid groups (broad SMARTS) is 1. The number of rotatable bonds is 2. The zero-order chi connectivity index (χ0) is 8.27. The van der Waals surface area contributed by atoms with Gasteiger partial charge in [0.1, 0.15) is 6.04 Å². The fourth-order valence-corrected chi connectivity index (χ4v) is 0.969. The molecule has 0 saturated heterocycles. The van der Waals surface area contributed by atoms with Gasteiger partial charge in [0.05, 0.1) is 5.84 Å². The average Bonchev–Trinajstić information content (AvgIpc) is 2.39. The second kappa shape index (κ2) is 3.37. The predicted octanol–water partition coefficient (Wildman–Crippen LogP) is 0.241. The van der Waals surface area contributed by atoms with E-state index in [-0.39, 0.29) is 0 Å². The van der Waals surface area contributed by atoms with Gasteiger partial charge in [0.15, 0.2) is 0 Å². The Morgan fingerprint density at radius 1 is 1.82 bits per heavy atom. The van der Waals surface area contributed by atoms with Crippen molar-refractivity contribution in [2.75, 3.05) is 6.54 Å². The summed E-state index contributed by atoms with van der Waals surface area (Å²) in [4.78, 5) is 14.5. The molecule has 1 aliphatic heterocycles. The Morgan fingerprint density at radius 3 is 3.00 bits per heavy atom. The SMILES string of the molecule is C[C@H](NC1=NCCC1)C(=O)O. The smallest absolute Gasteiger partial charge is 0.325 e. The zero-order valence-corrected chi connectivity index (χ0v) is 6.50. The van der Waals surface area contributed by atoms with Gasteiger partial charge in [-0.05, 0) is 13.3 Å². The first-order chi connectivity index (χ1) is 5.20. The number of amidine groups is 1. The van der Waals surface area contributed by atoms with E-state index in [4.69, 9.17) is 5.11 Å². The lowest BCUT2D eigenvalue weighted by molar-refractivity contribution is -0.138. The molecular weight excluding hydrogens is 144 g/mol. The van der Waals surface area contributed by atoms with Crippen molar-refractivity contribution in [2.24, 2.45) is 4.99 Å². The van der Waals surface area contributed by atoms with Gasteiger partial charge in [-0.3, -0.25) is 9.79 Å². The lowest BCUT2D eigenvalue weighted by atomic mass is 10.3. The quantitative estimate of drug-likeness (QED) is 0.602. The highest BCUT2D eigenvalue weighted by atomic mass is 16.4. The number of nitrogens with one attached hydrogen (secondary N) is 1. The minimum atomic E-state index is -0.834. The van der Waals surface area contributed by atoms with Crippen LogP contribution in [0.1, 0.15) is 19.8 Å². The lowest BCUT2D eigenvalue weighted by Gasteiger charge is -2.08. The number of carbonyl (C=O) groups is 1. The molecule has 0 spiro atoms. The van der Waals surface area contributed by atoms with Crippen LogP contribution >= 0.6 is 0 Å². The molecule has 0 bridgehead atoms. The number of hydrogen-bond acceptors (Lipinski definition) is 3. The van der Waals surface area contributed by atoms with Crippen LogP contribution in [0.2, 0.25) is 0 Å². The van der Waals surface area contributed by atoms with Crippen molar-refractivity contribution >= 4 is 11.8 Å². The minimum Gasteiger partial charge on any atom is -0.480 e. The van der Waals surface area contributed by atoms with E-state index < -0.39 is 12.0 Å². The monoisotopic (exact) mass is 156 g/mol. The molecule has 62 valence electrons. The first-order valence-corrected chi connectivity index (χ1v) is 3.73. The zero-order valence-electron chi connectivity index (χ0n) is 6.50. The maximum Gasteiger partial charge on any atom is 0.325 e. The molecule has 0 aliphatic carbocycles. The van der Waals surface area contributed by atoms with Crippen molar-refractivity contribution in [2.45, 2.75) is 25.8 Å². The fraction of sp³-hybridized carbons (Fsp3) is 0.714. The molecule has 11 heavy (non-hydrogen) atoms. The molecule has 0 aromatic heterocycles. The second-order valence-electron chi connectivity index (χ2n) is 2.64. The third-order valence-corrected chi connectivity index (χ3v) is 1.63. The Labute approximate surface area is 65.3 Å². The van der Waals surface area contributed by atoms with Crippen molar-refractivity contribution in [1.82, 2.24) is 5.32 Å². The summed E-state index contributed by atoms with van der Waals surface area (Å²) < 4.78 is 0. The van der Waals surface area contributed by atoms with Crippen LogP contribution in [0.4, 0.5) is 0 Å². The Bertz CT molecular complexity index is 189. The van der Waals surface area contributed by atoms with Gasteiger partial charge in [0, 0.05) is 13.0 Å². The third kappa shape index (κ3) is 2.22. The van der Waals surface area contributed by atoms with Crippen LogP contribution in [0.25, 0.3) is 0 Å². The average molecular weight is 156 g/mol. The van der Waals surface area contributed by atoms with Crippen LogP contribution in [-0.4, -0.2) is 29.5 Å². The van der Waals surface area contributed by atoms with E-state index in [9.17, 15) is 4.79 Å². The standard InChI is InChI=1S/C7H12N2O2/c1-5(7(10)11)9-6-3-2-4-8-6/h5H,2-4H2,1H3,(H,8,9)(H,10,11)/t5-/m0/s1. The van der Waals surface area contributed by atoms with Gasteiger partial charge in [0.25, 0.3) is 0 Å². The molecule has 1 aliphatic rings. The summed E-state index contributed by atoms with van der Waals surface area (Å²) in [6, 6.07) is -0.521. The van der Waals surface area contributed by atoms with Crippen LogP contribution in [0.15, 0.2) is 4.99 Å². The molecule has 0 amide bonds. The minimum absolute atomic E-state index is 0.521. The number of nitrogens with zero attached hydrogens (tertiary/aromatic N) is 1. The summed E-state index contributed by atoms with van der Waals surface area (Å²) >= 11 is 0. The molecule has 2 N–H and O–H groups in total. The van der Waals surface area contributed by atoms with Gasteiger partial charge in [-0.1, -0.05) is 0 Å². The maximum absolute atomic E-state index is 10.4. The highest BCUT2D eigenvalue weighted by Crippen LogP contribution is 2.01. The van der Waals surface area contributed by atoms with E-state index in [1.165, 1.54) is 0 Å². The summed E-state index contributed by atoms with van der Waals surface area (Å²) in [5, 5.41) is 11.4. The van der Waals surface area contributed by atoms with Crippen LogP contribution in [-0.2, 0) is 4.79 Å². The van der Waals surface area contributed by atoms with Crippen molar-refractivity contribution in [3.8, 4) is 0 Å². The summed E-state index contributed by atoms with van der Waals surface area (Å²) in [6.45, 7) is 2.44. The highest BCUT2D eigenvalue weighted by Gasteiger charge is 2.13. The third-order valence-electron chi connectivity index (χ3n) is 1.63. The lowest BCUT2D eigenvalue weighted by Crippen LogP contribution is -2.37. The summed E-state index contributed by atoms with van der Waals surface area (Å²) in [7, 11) is 0. The van der Waals surface area contributed by atoms with E-state index in [1.54, 1.807) is 6.92 Å². The van der Waals surface area contributed by atoms with Crippen LogP contribution in [0.5, 0.6) is 0 Å². The molecule has 4 nitrogen and oxygen atoms in total. The molecular formula is C7H12N2O2. The van der Waals surface area contributed by atoms with Gasteiger partial charge >= 0.3 is 5.97 Å². The molecule has 4 heteroatoms. The summed E-state index contributed by atoms with van der Waals surface area (Å²) in [5.74, 6) is -0.000463. The molecule has 1 heterocycles. The Hall–Kier alpha value is -1.06. The molecule has 1 rings (SSSR count). The first kappa shape index (κ1) is 8.04. The topological polar surface area (TPSA) is 61.7 Å². The van der Waals surface area contributed by atoms with Gasteiger partial charge in [0.2, 0.25) is 0 Å². The second-order valence-corrected chi connectivity index (χ2v) is 2.64. The molecule has 0 unspecified atom stereocenters. The van der Waals surface area contributed by atoms with E-state index in [0.29, 0.717) is 0 Å². The summed E-state index contributed by atoms with van der Waals surface area (Å²) in [6.07, 6.45) is 1.92. The van der Waals surface area contributed by atoms with Crippen LogP contribution in [0.3, 0.4) is 0 Å². The molecule has 0 radical (unpaired) electrons. The van der Waals surface area contributed by atoms with E-state index in [0.717, 1.165) is 25.2 Å². The fourth-order valence-electron chi connectivity index (χ4n) is 0.969. The molecule has 0 aromatic rings. The molecule has 0 saturated carbocycles. The molecule has 0 aromatic carbocycles. The molecule has 1 atom stereocenters. The summed E-state index contributed by atoms with van der Waals surface area (Å²) in [5.41, 5.74) is 0. The largest absolute Gasteiger partial charge is 0.480 e.